The van der Waals surface area contributed by atoms with Crippen LogP contribution >= 0.6 is 11.6 Å². The molecule has 0 aliphatic rings. The molecular formula is C12H7ClN4. The van der Waals surface area contributed by atoms with Crippen molar-refractivity contribution < 1.29 is 0 Å². The number of H-pyrrole nitrogens is 2. The normalized spacial score (nSPS) is 10.6. The average Bonchev–Trinajstić information content (AvgIpc) is 2.92. The summed E-state index contributed by atoms with van der Waals surface area (Å²) < 4.78 is 0. The van der Waals surface area contributed by atoms with E-state index in [1.54, 1.807) is 0 Å². The first-order valence-corrected chi connectivity index (χ1v) is 5.39. The van der Waals surface area contributed by atoms with E-state index in [2.05, 4.69) is 15.0 Å². The molecule has 3 aromatic rings. The third kappa shape index (κ3) is 1.49. The van der Waals surface area contributed by atoms with Crippen molar-refractivity contribution in [2.45, 2.75) is 0 Å². The number of halogens is 1. The molecule has 2 heterocycles. The van der Waals surface area contributed by atoms with Gasteiger partial charge in [0, 0.05) is 22.7 Å². The molecule has 2 N–H and O–H groups in total. The maximum Gasteiger partial charge on any atom is 0.178 e. The molecule has 0 amide bonds. The molecule has 2 aromatic heterocycles. The molecule has 0 bridgehead atoms. The van der Waals surface area contributed by atoms with E-state index < -0.39 is 0 Å². The summed E-state index contributed by atoms with van der Waals surface area (Å²) in [7, 11) is 0. The first-order chi connectivity index (χ1) is 8.29. The summed E-state index contributed by atoms with van der Waals surface area (Å²) in [5, 5.41) is 10.1. The highest BCUT2D eigenvalue weighted by atomic mass is 35.5. The van der Waals surface area contributed by atoms with E-state index in [1.807, 2.05) is 36.5 Å². The summed E-state index contributed by atoms with van der Waals surface area (Å²) in [5.74, 6) is 0.601. The van der Waals surface area contributed by atoms with Crippen LogP contribution in [0.1, 0.15) is 5.69 Å². The molecule has 0 fully saturated rings. The second kappa shape index (κ2) is 3.65. The van der Waals surface area contributed by atoms with Crippen molar-refractivity contribution in [3.8, 4) is 17.5 Å². The topological polar surface area (TPSA) is 68.3 Å². The Morgan fingerprint density at radius 2 is 2.12 bits per heavy atom. The van der Waals surface area contributed by atoms with Crippen LogP contribution in [-0.4, -0.2) is 15.0 Å². The number of hydrogen-bond donors (Lipinski definition) is 2. The van der Waals surface area contributed by atoms with Gasteiger partial charge in [-0.05, 0) is 6.07 Å². The van der Waals surface area contributed by atoms with Crippen molar-refractivity contribution in [2.24, 2.45) is 0 Å². The van der Waals surface area contributed by atoms with E-state index in [-0.39, 0.29) is 10.8 Å². The molecule has 1 aromatic carbocycles. The van der Waals surface area contributed by atoms with Crippen molar-refractivity contribution in [1.82, 2.24) is 15.0 Å². The minimum atomic E-state index is 0.215. The lowest BCUT2D eigenvalue weighted by Gasteiger charge is -1.93. The van der Waals surface area contributed by atoms with Gasteiger partial charge in [0.25, 0.3) is 0 Å². The van der Waals surface area contributed by atoms with Gasteiger partial charge in [-0.3, -0.25) is 0 Å². The number of nitriles is 1. The smallest absolute Gasteiger partial charge is 0.178 e. The molecule has 0 saturated heterocycles. The van der Waals surface area contributed by atoms with E-state index in [4.69, 9.17) is 16.9 Å². The summed E-state index contributed by atoms with van der Waals surface area (Å²) >= 11 is 5.86. The SMILES string of the molecule is N#Cc1nc(-c2c[nH]c3ccccc23)[nH]c1Cl. The zero-order valence-electron chi connectivity index (χ0n) is 8.66. The number of fused-ring (bicyclic) bond motifs is 1. The first kappa shape index (κ1) is 9.94. The highest BCUT2D eigenvalue weighted by molar-refractivity contribution is 6.30. The lowest BCUT2D eigenvalue weighted by molar-refractivity contribution is 1.30. The lowest BCUT2D eigenvalue weighted by Crippen LogP contribution is -1.78. The molecular weight excluding hydrogens is 236 g/mol. The monoisotopic (exact) mass is 242 g/mol. The van der Waals surface area contributed by atoms with Crippen LogP contribution < -0.4 is 0 Å². The van der Waals surface area contributed by atoms with E-state index in [9.17, 15) is 0 Å². The summed E-state index contributed by atoms with van der Waals surface area (Å²) in [6, 6.07) is 9.82. The van der Waals surface area contributed by atoms with Crippen molar-refractivity contribution >= 4 is 22.5 Å². The van der Waals surface area contributed by atoms with Crippen molar-refractivity contribution in [3.05, 3.63) is 41.3 Å². The predicted octanol–water partition coefficient (Wildman–Crippen LogP) is 3.08. The minimum Gasteiger partial charge on any atom is -0.360 e. The number of para-hydroxylation sites is 1. The molecule has 17 heavy (non-hydrogen) atoms. The van der Waals surface area contributed by atoms with Gasteiger partial charge in [0.05, 0.1) is 0 Å². The van der Waals surface area contributed by atoms with Gasteiger partial charge in [0.15, 0.2) is 5.69 Å². The fourth-order valence-corrected chi connectivity index (χ4v) is 2.00. The minimum absolute atomic E-state index is 0.215. The maximum atomic E-state index is 8.82. The third-order valence-electron chi connectivity index (χ3n) is 2.61. The van der Waals surface area contributed by atoms with Crippen molar-refractivity contribution in [2.75, 3.05) is 0 Å². The van der Waals surface area contributed by atoms with E-state index >= 15 is 0 Å². The van der Waals surface area contributed by atoms with Gasteiger partial charge in [-0.2, -0.15) is 5.26 Å². The molecule has 0 atom stereocenters. The van der Waals surface area contributed by atoms with Crippen molar-refractivity contribution in [3.63, 3.8) is 0 Å². The van der Waals surface area contributed by atoms with Crippen molar-refractivity contribution in [1.29, 1.82) is 5.26 Å². The van der Waals surface area contributed by atoms with E-state index in [0.717, 1.165) is 16.5 Å². The third-order valence-corrected chi connectivity index (χ3v) is 2.88. The first-order valence-electron chi connectivity index (χ1n) is 5.01. The Kier molecular flexibility index (Phi) is 2.13. The van der Waals surface area contributed by atoms with Gasteiger partial charge < -0.3 is 9.97 Å². The number of nitrogens with one attached hydrogen (secondary N) is 2. The highest BCUT2D eigenvalue weighted by Gasteiger charge is 2.12. The van der Waals surface area contributed by atoms with Crippen LogP contribution in [0.2, 0.25) is 5.15 Å². The molecule has 0 radical (unpaired) electrons. The van der Waals surface area contributed by atoms with Gasteiger partial charge in [0.2, 0.25) is 0 Å². The van der Waals surface area contributed by atoms with E-state index in [1.165, 1.54) is 0 Å². The summed E-state index contributed by atoms with van der Waals surface area (Å²) in [6.45, 7) is 0. The summed E-state index contributed by atoms with van der Waals surface area (Å²) in [6.07, 6.45) is 1.85. The van der Waals surface area contributed by atoms with Crippen LogP contribution in [0, 0.1) is 11.3 Å². The Morgan fingerprint density at radius 3 is 2.88 bits per heavy atom. The van der Waals surface area contributed by atoms with Crippen LogP contribution in [0.4, 0.5) is 0 Å². The molecule has 0 saturated carbocycles. The predicted molar refractivity (Wildman–Crippen MR) is 65.6 cm³/mol. The molecule has 0 unspecified atom stereocenters. The van der Waals surface area contributed by atoms with Crippen LogP contribution in [0.5, 0.6) is 0 Å². The number of benzene rings is 1. The van der Waals surface area contributed by atoms with Gasteiger partial charge in [-0.1, -0.05) is 29.8 Å². The van der Waals surface area contributed by atoms with Crippen LogP contribution in [0.25, 0.3) is 22.3 Å². The number of nitrogens with zero attached hydrogens (tertiary/aromatic N) is 2. The van der Waals surface area contributed by atoms with Crippen LogP contribution in [0.15, 0.2) is 30.5 Å². The average molecular weight is 243 g/mol. The maximum absolute atomic E-state index is 8.82. The van der Waals surface area contributed by atoms with Crippen LogP contribution in [0.3, 0.4) is 0 Å². The molecule has 4 nitrogen and oxygen atoms in total. The van der Waals surface area contributed by atoms with Gasteiger partial charge in [0.1, 0.15) is 17.0 Å². The Hall–Kier alpha value is -2.25. The quantitative estimate of drug-likeness (QED) is 0.689. The number of aromatic nitrogens is 3. The number of aromatic amines is 2. The summed E-state index contributed by atoms with van der Waals surface area (Å²) in [5.41, 5.74) is 2.14. The Balaban J connectivity index is 2.24. The zero-order valence-corrected chi connectivity index (χ0v) is 9.42. The number of rotatable bonds is 1. The van der Waals surface area contributed by atoms with E-state index in [0.29, 0.717) is 5.82 Å². The second-order valence-corrected chi connectivity index (χ2v) is 3.99. The number of imidazole rings is 1. The molecule has 0 aliphatic heterocycles. The fraction of sp³-hybridized carbons (Fsp3) is 0. The number of hydrogen-bond acceptors (Lipinski definition) is 2. The molecule has 5 heteroatoms. The summed E-state index contributed by atoms with van der Waals surface area (Å²) in [4.78, 5) is 10.2. The second-order valence-electron chi connectivity index (χ2n) is 3.61. The van der Waals surface area contributed by atoms with Gasteiger partial charge in [-0.25, -0.2) is 4.98 Å². The van der Waals surface area contributed by atoms with Crippen LogP contribution in [-0.2, 0) is 0 Å². The fourth-order valence-electron chi connectivity index (χ4n) is 1.82. The Labute approximate surface area is 102 Å². The Bertz CT molecular complexity index is 732. The molecule has 0 spiro atoms. The standard InChI is InChI=1S/C12H7ClN4/c13-11-10(5-14)16-12(17-11)8-6-15-9-4-2-1-3-7(8)9/h1-4,6,15H,(H,16,17). The molecule has 3 rings (SSSR count). The largest absolute Gasteiger partial charge is 0.360 e. The lowest BCUT2D eigenvalue weighted by atomic mass is 10.2. The Morgan fingerprint density at radius 1 is 1.29 bits per heavy atom. The highest BCUT2D eigenvalue weighted by Crippen LogP contribution is 2.28. The molecule has 82 valence electrons. The molecule has 0 aliphatic carbocycles. The van der Waals surface area contributed by atoms with Gasteiger partial charge in [-0.15, -0.1) is 0 Å². The zero-order chi connectivity index (χ0) is 11.8. The van der Waals surface area contributed by atoms with Gasteiger partial charge >= 0.3 is 0 Å².